The van der Waals surface area contributed by atoms with Crippen LogP contribution in [0.15, 0.2) is 18.5 Å². The monoisotopic (exact) mass is 199 g/mol. The molecule has 0 aliphatic heterocycles. The average molecular weight is 199 g/mol. The Kier molecular flexibility index (Phi) is 3.55. The Morgan fingerprint density at radius 1 is 1.36 bits per heavy atom. The van der Waals surface area contributed by atoms with E-state index in [0.29, 0.717) is 0 Å². The van der Waals surface area contributed by atoms with Crippen LogP contribution in [0.5, 0.6) is 0 Å². The molecular weight excluding hydrogens is 185 g/mol. The van der Waals surface area contributed by atoms with Crippen molar-refractivity contribution in [2.45, 2.75) is 26.1 Å². The van der Waals surface area contributed by atoms with Crippen LogP contribution < -0.4 is 0 Å². The van der Waals surface area contributed by atoms with E-state index in [1.54, 1.807) is 13.8 Å². The fraction of sp³-hybridized carbons (Fsp3) is 0.500. The number of aliphatic hydroxyl groups excluding tert-OH is 2. The number of hydrogen-bond acceptors (Lipinski definition) is 3. The molecule has 78 valence electrons. The fourth-order valence-corrected chi connectivity index (χ4v) is 1.17. The molecule has 4 heteroatoms. The quantitative estimate of drug-likeness (QED) is 0.770. The van der Waals surface area contributed by atoms with Crippen LogP contribution in [0.3, 0.4) is 0 Å². The second kappa shape index (κ2) is 4.48. The first-order valence-corrected chi connectivity index (χ1v) is 4.49. The average Bonchev–Trinajstić information content (AvgIpc) is 2.16. The molecule has 14 heavy (non-hydrogen) atoms. The van der Waals surface area contributed by atoms with Gasteiger partial charge in [-0.15, -0.1) is 0 Å². The molecule has 0 saturated heterocycles. The number of aliphatic hydroxyl groups is 2. The minimum atomic E-state index is -1.20. The lowest BCUT2D eigenvalue weighted by molar-refractivity contribution is -0.0112. The fourth-order valence-electron chi connectivity index (χ4n) is 1.17. The van der Waals surface area contributed by atoms with Gasteiger partial charge in [0, 0.05) is 11.8 Å². The Morgan fingerprint density at radius 3 is 2.50 bits per heavy atom. The van der Waals surface area contributed by atoms with Crippen LogP contribution in [0, 0.1) is 11.7 Å². The summed E-state index contributed by atoms with van der Waals surface area (Å²) in [7, 11) is 0. The Hall–Kier alpha value is -1.00. The zero-order valence-corrected chi connectivity index (χ0v) is 8.18. The molecule has 1 rings (SSSR count). The Balaban J connectivity index is 2.89. The minimum absolute atomic E-state index is 0.0844. The van der Waals surface area contributed by atoms with Crippen LogP contribution in [0.25, 0.3) is 0 Å². The molecule has 0 bridgehead atoms. The zero-order chi connectivity index (χ0) is 10.7. The first-order valence-electron chi connectivity index (χ1n) is 4.49. The highest BCUT2D eigenvalue weighted by Gasteiger charge is 2.23. The van der Waals surface area contributed by atoms with E-state index in [2.05, 4.69) is 4.98 Å². The normalized spacial score (nSPS) is 15.6. The number of rotatable bonds is 3. The third-order valence-corrected chi connectivity index (χ3v) is 2.13. The summed E-state index contributed by atoms with van der Waals surface area (Å²) in [4.78, 5) is 3.56. The third kappa shape index (κ3) is 2.27. The highest BCUT2D eigenvalue weighted by molar-refractivity contribution is 5.16. The molecule has 0 aromatic carbocycles. The van der Waals surface area contributed by atoms with Gasteiger partial charge in [0.15, 0.2) is 0 Å². The van der Waals surface area contributed by atoms with Crippen molar-refractivity contribution in [2.75, 3.05) is 0 Å². The van der Waals surface area contributed by atoms with Crippen LogP contribution in [0.1, 0.15) is 25.5 Å². The lowest BCUT2D eigenvalue weighted by Gasteiger charge is -2.21. The molecule has 1 aromatic heterocycles. The van der Waals surface area contributed by atoms with Crippen molar-refractivity contribution >= 4 is 0 Å². The number of halogens is 1. The van der Waals surface area contributed by atoms with Gasteiger partial charge >= 0.3 is 0 Å². The SMILES string of the molecule is CC(C)C(O)C(O)c1ccncc1F. The number of pyridine rings is 1. The molecule has 2 atom stereocenters. The summed E-state index contributed by atoms with van der Waals surface area (Å²) in [6.45, 7) is 3.51. The topological polar surface area (TPSA) is 53.4 Å². The zero-order valence-electron chi connectivity index (χ0n) is 8.18. The summed E-state index contributed by atoms with van der Waals surface area (Å²) < 4.78 is 13.1. The predicted octanol–water partition coefficient (Wildman–Crippen LogP) is 1.27. The standard InChI is InChI=1S/C10H14FNO2/c1-6(2)9(13)10(14)7-3-4-12-5-8(7)11/h3-6,9-10,13-14H,1-2H3. The van der Waals surface area contributed by atoms with Gasteiger partial charge in [-0.1, -0.05) is 13.8 Å². The van der Waals surface area contributed by atoms with Crippen molar-refractivity contribution < 1.29 is 14.6 Å². The van der Waals surface area contributed by atoms with Gasteiger partial charge in [-0.3, -0.25) is 4.98 Å². The summed E-state index contributed by atoms with van der Waals surface area (Å²) >= 11 is 0. The molecule has 0 radical (unpaired) electrons. The molecule has 1 aromatic rings. The van der Waals surface area contributed by atoms with E-state index in [4.69, 9.17) is 0 Å². The van der Waals surface area contributed by atoms with E-state index in [-0.39, 0.29) is 11.5 Å². The summed E-state index contributed by atoms with van der Waals surface area (Å²) in [5.74, 6) is -0.725. The molecule has 0 fully saturated rings. The summed E-state index contributed by atoms with van der Waals surface area (Å²) in [5, 5.41) is 19.2. The second-order valence-corrected chi connectivity index (χ2v) is 3.58. The number of aromatic nitrogens is 1. The highest BCUT2D eigenvalue weighted by atomic mass is 19.1. The molecule has 2 N–H and O–H groups in total. The van der Waals surface area contributed by atoms with Gasteiger partial charge in [0.1, 0.15) is 11.9 Å². The van der Waals surface area contributed by atoms with Gasteiger partial charge in [0.05, 0.1) is 12.3 Å². The predicted molar refractivity (Wildman–Crippen MR) is 50.0 cm³/mol. The molecule has 0 aliphatic rings. The van der Waals surface area contributed by atoms with Gasteiger partial charge in [-0.25, -0.2) is 4.39 Å². The van der Waals surface area contributed by atoms with Crippen molar-refractivity contribution in [1.29, 1.82) is 0 Å². The van der Waals surface area contributed by atoms with Crippen molar-refractivity contribution in [1.82, 2.24) is 4.98 Å². The maximum absolute atomic E-state index is 13.1. The van der Waals surface area contributed by atoms with Gasteiger partial charge < -0.3 is 10.2 Å². The Bertz CT molecular complexity index is 304. The molecule has 1 heterocycles. The maximum Gasteiger partial charge on any atom is 0.147 e. The van der Waals surface area contributed by atoms with Crippen LogP contribution in [-0.4, -0.2) is 21.3 Å². The molecule has 0 spiro atoms. The van der Waals surface area contributed by atoms with E-state index in [9.17, 15) is 14.6 Å². The van der Waals surface area contributed by atoms with Gasteiger partial charge in [0.2, 0.25) is 0 Å². The van der Waals surface area contributed by atoms with Gasteiger partial charge in [-0.2, -0.15) is 0 Å². The molecule has 3 nitrogen and oxygen atoms in total. The van der Waals surface area contributed by atoms with E-state index < -0.39 is 18.0 Å². The van der Waals surface area contributed by atoms with Crippen LogP contribution in [0.4, 0.5) is 4.39 Å². The summed E-state index contributed by atoms with van der Waals surface area (Å²) in [6, 6.07) is 1.37. The van der Waals surface area contributed by atoms with Gasteiger partial charge in [-0.05, 0) is 12.0 Å². The first kappa shape index (κ1) is 11.1. The van der Waals surface area contributed by atoms with Crippen molar-refractivity contribution in [2.24, 2.45) is 5.92 Å². The van der Waals surface area contributed by atoms with Crippen LogP contribution in [0.2, 0.25) is 0 Å². The van der Waals surface area contributed by atoms with Crippen molar-refractivity contribution in [3.63, 3.8) is 0 Å². The molecule has 0 amide bonds. The van der Waals surface area contributed by atoms with Crippen molar-refractivity contribution in [3.05, 3.63) is 29.8 Å². The van der Waals surface area contributed by atoms with E-state index in [0.717, 1.165) is 6.20 Å². The lowest BCUT2D eigenvalue weighted by Crippen LogP contribution is -2.24. The minimum Gasteiger partial charge on any atom is -0.390 e. The molecule has 2 unspecified atom stereocenters. The summed E-state index contributed by atoms with van der Waals surface area (Å²) in [5.41, 5.74) is 0.0844. The van der Waals surface area contributed by atoms with Crippen molar-refractivity contribution in [3.8, 4) is 0 Å². The smallest absolute Gasteiger partial charge is 0.147 e. The lowest BCUT2D eigenvalue weighted by atomic mass is 9.97. The third-order valence-electron chi connectivity index (χ3n) is 2.13. The van der Waals surface area contributed by atoms with E-state index in [1.165, 1.54) is 12.3 Å². The largest absolute Gasteiger partial charge is 0.390 e. The maximum atomic E-state index is 13.1. The van der Waals surface area contributed by atoms with E-state index in [1.807, 2.05) is 0 Å². The Morgan fingerprint density at radius 2 is 2.00 bits per heavy atom. The molecule has 0 aliphatic carbocycles. The second-order valence-electron chi connectivity index (χ2n) is 3.58. The Labute approximate surface area is 82.2 Å². The molecular formula is C10H14FNO2. The summed E-state index contributed by atoms with van der Waals surface area (Å²) in [6.07, 6.45) is 0.241. The number of nitrogens with zero attached hydrogens (tertiary/aromatic N) is 1. The highest BCUT2D eigenvalue weighted by Crippen LogP contribution is 2.23. The van der Waals surface area contributed by atoms with Gasteiger partial charge in [0.25, 0.3) is 0 Å². The first-order chi connectivity index (χ1) is 6.54. The van der Waals surface area contributed by atoms with Crippen LogP contribution >= 0.6 is 0 Å². The number of hydrogen-bond donors (Lipinski definition) is 2. The van der Waals surface area contributed by atoms with E-state index >= 15 is 0 Å². The van der Waals surface area contributed by atoms with Crippen LogP contribution in [-0.2, 0) is 0 Å². The molecule has 0 saturated carbocycles.